The van der Waals surface area contributed by atoms with Crippen LogP contribution in [0.4, 0.5) is 0 Å². The number of aliphatic carboxylic acids is 1. The average Bonchev–Trinajstić information content (AvgIpc) is 3.60. The predicted octanol–water partition coefficient (Wildman–Crippen LogP) is -1.89. The maximum absolute atomic E-state index is 13.6. The molecule has 0 aliphatic carbocycles. The fourth-order valence-corrected chi connectivity index (χ4v) is 5.55. The van der Waals surface area contributed by atoms with Gasteiger partial charge in [-0.2, -0.15) is 11.8 Å². The van der Waals surface area contributed by atoms with E-state index in [9.17, 15) is 33.9 Å². The molecule has 0 aromatic carbocycles. The molecule has 2 fully saturated rings. The summed E-state index contributed by atoms with van der Waals surface area (Å²) in [4.78, 5) is 78.8. The molecule has 0 saturated carbocycles. The lowest BCUT2D eigenvalue weighted by Crippen LogP contribution is -2.58. The van der Waals surface area contributed by atoms with Gasteiger partial charge in [0.2, 0.25) is 29.5 Å². The van der Waals surface area contributed by atoms with Gasteiger partial charge in [-0.1, -0.05) is 0 Å². The SMILES string of the molecule is CSCC[C@H](N)C(=O)N[C@@H](CC(N)=O)C(=O)N1CCC[C@H]1C(=O)N1CCC[C@H]1C(=O)N[C@@H](CCCCN)C(=O)O. The Balaban J connectivity index is 2.13. The summed E-state index contributed by atoms with van der Waals surface area (Å²) < 4.78 is 0. The first-order valence-corrected chi connectivity index (χ1v) is 15.1. The van der Waals surface area contributed by atoms with E-state index in [0.717, 1.165) is 0 Å². The molecule has 226 valence electrons. The summed E-state index contributed by atoms with van der Waals surface area (Å²) in [6.07, 6.45) is 4.94. The topological polar surface area (TPSA) is 231 Å². The molecule has 0 aromatic rings. The summed E-state index contributed by atoms with van der Waals surface area (Å²) in [5, 5.41) is 14.6. The highest BCUT2D eigenvalue weighted by Crippen LogP contribution is 2.26. The summed E-state index contributed by atoms with van der Waals surface area (Å²) in [5.74, 6) is -3.52. The fraction of sp³-hybridized carbons (Fsp3) is 0.760. The fourth-order valence-electron chi connectivity index (χ4n) is 5.06. The third-order valence-corrected chi connectivity index (χ3v) is 7.85. The van der Waals surface area contributed by atoms with Crippen LogP contribution in [-0.2, 0) is 28.8 Å². The van der Waals surface area contributed by atoms with Crippen LogP contribution < -0.4 is 27.8 Å². The van der Waals surface area contributed by atoms with E-state index >= 15 is 0 Å². The Morgan fingerprint density at radius 2 is 1.60 bits per heavy atom. The minimum absolute atomic E-state index is 0.220. The van der Waals surface area contributed by atoms with Crippen molar-refractivity contribution in [2.24, 2.45) is 17.2 Å². The molecule has 0 bridgehead atoms. The van der Waals surface area contributed by atoms with Crippen LogP contribution in [0.25, 0.3) is 0 Å². The van der Waals surface area contributed by atoms with Crippen molar-refractivity contribution in [1.82, 2.24) is 20.4 Å². The molecule has 15 heteroatoms. The third-order valence-electron chi connectivity index (χ3n) is 7.21. The number of carbonyl (C=O) groups excluding carboxylic acids is 5. The minimum Gasteiger partial charge on any atom is -0.480 e. The zero-order valence-electron chi connectivity index (χ0n) is 23.0. The largest absolute Gasteiger partial charge is 0.480 e. The van der Waals surface area contributed by atoms with E-state index in [1.165, 1.54) is 21.6 Å². The maximum atomic E-state index is 13.6. The standard InChI is InChI=1S/C25H43N7O7S/c1-40-13-9-15(27)21(34)30-17(14-20(28)33)23(36)32-12-5-8-19(32)24(37)31-11-4-7-18(31)22(35)29-16(25(38)39)6-2-3-10-26/h15-19H,2-14,26-27H2,1H3,(H2,28,33)(H,29,35)(H,30,34)(H,38,39)/t15-,16-,17-,18-,19-/m0/s1. The highest BCUT2D eigenvalue weighted by molar-refractivity contribution is 7.98. The summed E-state index contributed by atoms with van der Waals surface area (Å²) in [6.45, 7) is 0.925. The van der Waals surface area contributed by atoms with Crippen molar-refractivity contribution in [3.8, 4) is 0 Å². The van der Waals surface area contributed by atoms with Crippen molar-refractivity contribution in [3.63, 3.8) is 0 Å². The molecule has 0 aromatic heterocycles. The molecule has 5 atom stereocenters. The summed E-state index contributed by atoms with van der Waals surface area (Å²) >= 11 is 1.52. The molecule has 0 unspecified atom stereocenters. The number of carboxylic acids is 1. The summed E-state index contributed by atoms with van der Waals surface area (Å²) in [5.41, 5.74) is 16.7. The molecule has 2 aliphatic rings. The number of likely N-dealkylation sites (tertiary alicyclic amines) is 2. The molecule has 2 aliphatic heterocycles. The number of thioether (sulfide) groups is 1. The van der Waals surface area contributed by atoms with Crippen LogP contribution in [0, 0.1) is 0 Å². The first kappa shape index (κ1) is 33.3. The number of amides is 5. The van der Waals surface area contributed by atoms with Crippen molar-refractivity contribution in [3.05, 3.63) is 0 Å². The Hall–Kier alpha value is -2.91. The van der Waals surface area contributed by atoms with Gasteiger partial charge in [-0.3, -0.25) is 24.0 Å². The highest BCUT2D eigenvalue weighted by Gasteiger charge is 2.44. The second-order valence-electron chi connectivity index (χ2n) is 10.2. The molecule has 0 radical (unpaired) electrons. The van der Waals surface area contributed by atoms with Gasteiger partial charge >= 0.3 is 5.97 Å². The lowest BCUT2D eigenvalue weighted by atomic mass is 10.1. The molecular formula is C25H43N7O7S. The second kappa shape index (κ2) is 16.4. The summed E-state index contributed by atoms with van der Waals surface area (Å²) in [6, 6.07) is -5.00. The van der Waals surface area contributed by atoms with Crippen molar-refractivity contribution < 1.29 is 33.9 Å². The van der Waals surface area contributed by atoms with Gasteiger partial charge in [-0.25, -0.2) is 4.79 Å². The molecule has 9 N–H and O–H groups in total. The van der Waals surface area contributed by atoms with E-state index in [1.807, 2.05) is 6.26 Å². The number of carboxylic acid groups (broad SMARTS) is 1. The van der Waals surface area contributed by atoms with Gasteiger partial charge in [0.05, 0.1) is 12.5 Å². The third kappa shape index (κ3) is 9.34. The quantitative estimate of drug-likeness (QED) is 0.110. The molecular weight excluding hydrogens is 542 g/mol. The van der Waals surface area contributed by atoms with Crippen LogP contribution in [0.1, 0.15) is 57.8 Å². The number of carbonyl (C=O) groups is 6. The molecule has 14 nitrogen and oxygen atoms in total. The Labute approximate surface area is 238 Å². The van der Waals surface area contributed by atoms with Gasteiger partial charge in [-0.15, -0.1) is 0 Å². The van der Waals surface area contributed by atoms with Gasteiger partial charge < -0.3 is 42.7 Å². The van der Waals surface area contributed by atoms with Crippen molar-refractivity contribution >= 4 is 47.3 Å². The Morgan fingerprint density at radius 1 is 0.950 bits per heavy atom. The van der Waals surface area contributed by atoms with E-state index in [2.05, 4.69) is 10.6 Å². The van der Waals surface area contributed by atoms with Crippen molar-refractivity contribution in [1.29, 1.82) is 0 Å². The van der Waals surface area contributed by atoms with Gasteiger partial charge in [0.1, 0.15) is 24.2 Å². The van der Waals surface area contributed by atoms with Crippen molar-refractivity contribution in [2.75, 3.05) is 31.6 Å². The van der Waals surface area contributed by atoms with Crippen LogP contribution in [0.3, 0.4) is 0 Å². The van der Waals surface area contributed by atoms with Crippen LogP contribution in [-0.4, -0.2) is 112 Å². The second-order valence-corrected chi connectivity index (χ2v) is 11.2. The van der Waals surface area contributed by atoms with Crippen LogP contribution in [0.2, 0.25) is 0 Å². The predicted molar refractivity (Wildman–Crippen MR) is 149 cm³/mol. The monoisotopic (exact) mass is 585 g/mol. The number of nitrogens with zero attached hydrogens (tertiary/aromatic N) is 2. The average molecular weight is 586 g/mol. The van der Waals surface area contributed by atoms with Gasteiger partial charge in [0.15, 0.2) is 0 Å². The molecule has 2 saturated heterocycles. The van der Waals surface area contributed by atoms with Crippen LogP contribution >= 0.6 is 11.8 Å². The number of rotatable bonds is 16. The first-order chi connectivity index (χ1) is 19.0. The minimum atomic E-state index is -1.28. The molecule has 2 heterocycles. The number of nitrogens with one attached hydrogen (secondary N) is 2. The van der Waals surface area contributed by atoms with Gasteiger partial charge in [-0.05, 0) is 69.9 Å². The Morgan fingerprint density at radius 3 is 2.20 bits per heavy atom. The molecule has 2 rings (SSSR count). The number of unbranched alkanes of at least 4 members (excludes halogenated alkanes) is 1. The Bertz CT molecular complexity index is 937. The van der Waals surface area contributed by atoms with Crippen LogP contribution in [0.15, 0.2) is 0 Å². The molecule has 40 heavy (non-hydrogen) atoms. The van der Waals surface area contributed by atoms with Gasteiger partial charge in [0, 0.05) is 13.1 Å². The number of nitrogens with two attached hydrogens (primary N) is 3. The maximum Gasteiger partial charge on any atom is 0.326 e. The summed E-state index contributed by atoms with van der Waals surface area (Å²) in [7, 11) is 0. The lowest BCUT2D eigenvalue weighted by Gasteiger charge is -2.33. The Kier molecular flexibility index (Phi) is 13.6. The highest BCUT2D eigenvalue weighted by atomic mass is 32.2. The van der Waals surface area contributed by atoms with E-state index in [0.29, 0.717) is 57.2 Å². The van der Waals surface area contributed by atoms with Gasteiger partial charge in [0.25, 0.3) is 0 Å². The number of hydrogen-bond acceptors (Lipinski definition) is 9. The van der Waals surface area contributed by atoms with E-state index in [1.54, 1.807) is 0 Å². The lowest BCUT2D eigenvalue weighted by molar-refractivity contribution is -0.149. The zero-order valence-corrected chi connectivity index (χ0v) is 23.8. The number of hydrogen-bond donors (Lipinski definition) is 6. The van der Waals surface area contributed by atoms with Crippen molar-refractivity contribution in [2.45, 2.75) is 88.0 Å². The van der Waals surface area contributed by atoms with Crippen LogP contribution in [0.5, 0.6) is 0 Å². The van der Waals surface area contributed by atoms with E-state index in [-0.39, 0.29) is 19.5 Å². The van der Waals surface area contributed by atoms with E-state index in [4.69, 9.17) is 17.2 Å². The molecule has 5 amide bonds. The van der Waals surface area contributed by atoms with E-state index < -0.39 is 72.1 Å². The normalized spacial score (nSPS) is 21.0. The number of primary amides is 1. The first-order valence-electron chi connectivity index (χ1n) is 13.7. The smallest absolute Gasteiger partial charge is 0.326 e. The zero-order chi connectivity index (χ0) is 29.8. The molecule has 0 spiro atoms.